The molecule has 138 valence electrons. The highest BCUT2D eigenvalue weighted by molar-refractivity contribution is 14.0. The van der Waals surface area contributed by atoms with Crippen molar-refractivity contribution >= 4 is 40.7 Å². The van der Waals surface area contributed by atoms with E-state index in [4.69, 9.17) is 9.47 Å². The van der Waals surface area contributed by atoms with Crippen molar-refractivity contribution in [3.8, 4) is 5.75 Å². The lowest BCUT2D eigenvalue weighted by molar-refractivity contribution is 0.152. The van der Waals surface area contributed by atoms with Crippen LogP contribution in [-0.4, -0.2) is 39.4 Å². The van der Waals surface area contributed by atoms with Crippen LogP contribution < -0.4 is 15.4 Å². The molecule has 0 aliphatic carbocycles. The predicted octanol–water partition coefficient (Wildman–Crippen LogP) is 3.56. The second-order valence-electron chi connectivity index (χ2n) is 5.37. The molecule has 0 fully saturated rings. The fraction of sp³-hybridized carbons (Fsp3) is 0.421. The summed E-state index contributed by atoms with van der Waals surface area (Å²) in [5.74, 6) is 1.69. The molecule has 0 amide bonds. The van der Waals surface area contributed by atoms with E-state index in [-0.39, 0.29) is 24.0 Å². The van der Waals surface area contributed by atoms with Crippen LogP contribution in [-0.2, 0) is 11.3 Å². The summed E-state index contributed by atoms with van der Waals surface area (Å²) in [5, 5.41) is 8.89. The van der Waals surface area contributed by atoms with Crippen LogP contribution in [0.3, 0.4) is 0 Å². The number of hydrogen-bond acceptors (Lipinski definition) is 3. The number of hydrogen-bond donors (Lipinski definition) is 2. The molecule has 0 aliphatic rings. The highest BCUT2D eigenvalue weighted by atomic mass is 127. The van der Waals surface area contributed by atoms with Crippen LogP contribution in [0.4, 0.5) is 0 Å². The number of nitrogens with zero attached hydrogens (tertiary/aromatic N) is 1. The summed E-state index contributed by atoms with van der Waals surface area (Å²) in [7, 11) is 1.69. The molecule has 0 aromatic heterocycles. The smallest absolute Gasteiger partial charge is 0.191 e. The minimum Gasteiger partial charge on any atom is -0.497 e. The van der Waals surface area contributed by atoms with E-state index < -0.39 is 0 Å². The molecule has 25 heavy (non-hydrogen) atoms. The molecule has 0 radical (unpaired) electrons. The number of guanidine groups is 1. The van der Waals surface area contributed by atoms with Gasteiger partial charge in [0.25, 0.3) is 0 Å². The summed E-state index contributed by atoms with van der Waals surface area (Å²) >= 11 is 0. The maximum Gasteiger partial charge on any atom is 0.191 e. The highest BCUT2D eigenvalue weighted by Crippen LogP contribution is 2.22. The molecule has 0 unspecified atom stereocenters. The second-order valence-corrected chi connectivity index (χ2v) is 5.37. The van der Waals surface area contributed by atoms with Gasteiger partial charge in [0.1, 0.15) is 5.75 Å². The average molecular weight is 457 g/mol. The number of benzene rings is 2. The third-order valence-electron chi connectivity index (χ3n) is 3.62. The summed E-state index contributed by atoms with van der Waals surface area (Å²) in [6, 6.07) is 12.5. The first-order chi connectivity index (χ1) is 11.8. The standard InChI is InChI=1S/C19H27N3O2.HI/c1-4-20-19(21-10-11-24-5-2)22-14-15-6-7-17-13-18(23-3)9-8-16(17)12-15;/h6-9,12-13H,4-5,10-11,14H2,1-3H3,(H2,20,21,22);1H. The van der Waals surface area contributed by atoms with E-state index in [9.17, 15) is 0 Å². The third kappa shape index (κ3) is 7.07. The number of halogens is 1. The summed E-state index contributed by atoms with van der Waals surface area (Å²) in [6.07, 6.45) is 0. The van der Waals surface area contributed by atoms with Crippen molar-refractivity contribution in [2.75, 3.05) is 33.4 Å². The minimum absolute atomic E-state index is 0. The van der Waals surface area contributed by atoms with E-state index in [0.717, 1.165) is 31.4 Å². The zero-order chi connectivity index (χ0) is 17.2. The Morgan fingerprint density at radius 2 is 1.80 bits per heavy atom. The zero-order valence-electron chi connectivity index (χ0n) is 15.2. The number of methoxy groups -OCH3 is 1. The summed E-state index contributed by atoms with van der Waals surface area (Å²) in [4.78, 5) is 4.64. The van der Waals surface area contributed by atoms with Crippen molar-refractivity contribution in [2.45, 2.75) is 20.4 Å². The number of fused-ring (bicyclic) bond motifs is 1. The van der Waals surface area contributed by atoms with Gasteiger partial charge in [-0.3, -0.25) is 0 Å². The normalized spacial score (nSPS) is 11.1. The molecule has 0 heterocycles. The zero-order valence-corrected chi connectivity index (χ0v) is 17.5. The van der Waals surface area contributed by atoms with Crippen LogP contribution >= 0.6 is 24.0 Å². The monoisotopic (exact) mass is 457 g/mol. The lowest BCUT2D eigenvalue weighted by Crippen LogP contribution is -2.39. The predicted molar refractivity (Wildman–Crippen MR) is 115 cm³/mol. The summed E-state index contributed by atoms with van der Waals surface area (Å²) in [6.45, 7) is 7.68. The largest absolute Gasteiger partial charge is 0.497 e. The summed E-state index contributed by atoms with van der Waals surface area (Å²) in [5.41, 5.74) is 1.18. The van der Waals surface area contributed by atoms with Gasteiger partial charge in [-0.25, -0.2) is 4.99 Å². The molecule has 2 rings (SSSR count). The lowest BCUT2D eigenvalue weighted by atomic mass is 10.1. The Kier molecular flexibility index (Phi) is 10.3. The van der Waals surface area contributed by atoms with Crippen molar-refractivity contribution in [2.24, 2.45) is 4.99 Å². The maximum atomic E-state index is 5.34. The molecule has 0 bridgehead atoms. The van der Waals surface area contributed by atoms with E-state index >= 15 is 0 Å². The molecular weight excluding hydrogens is 429 g/mol. The molecule has 0 saturated carbocycles. The van der Waals surface area contributed by atoms with Gasteiger partial charge in [0.15, 0.2) is 5.96 Å². The Hall–Kier alpha value is -1.54. The molecule has 5 nitrogen and oxygen atoms in total. The molecular formula is C19H28IN3O2. The van der Waals surface area contributed by atoms with E-state index in [1.807, 2.05) is 19.1 Å². The number of rotatable bonds is 8. The highest BCUT2D eigenvalue weighted by Gasteiger charge is 2.00. The average Bonchev–Trinajstić information content (AvgIpc) is 2.62. The third-order valence-corrected chi connectivity index (χ3v) is 3.62. The fourth-order valence-corrected chi connectivity index (χ4v) is 2.40. The van der Waals surface area contributed by atoms with Crippen molar-refractivity contribution in [1.82, 2.24) is 10.6 Å². The Bertz CT molecular complexity index is 677. The van der Waals surface area contributed by atoms with E-state index in [2.05, 4.69) is 46.8 Å². The first-order valence-corrected chi connectivity index (χ1v) is 8.43. The van der Waals surface area contributed by atoms with Gasteiger partial charge in [0, 0.05) is 19.7 Å². The first kappa shape index (κ1) is 21.5. The van der Waals surface area contributed by atoms with Crippen molar-refractivity contribution < 1.29 is 9.47 Å². The quantitative estimate of drug-likeness (QED) is 0.276. The van der Waals surface area contributed by atoms with Gasteiger partial charge in [0.05, 0.1) is 20.3 Å². The Morgan fingerprint density at radius 3 is 2.52 bits per heavy atom. The van der Waals surface area contributed by atoms with Gasteiger partial charge >= 0.3 is 0 Å². The molecule has 2 N–H and O–H groups in total. The van der Waals surface area contributed by atoms with Crippen LogP contribution in [0.25, 0.3) is 10.8 Å². The number of aliphatic imine (C=N–C) groups is 1. The van der Waals surface area contributed by atoms with Gasteiger partial charge in [-0.1, -0.05) is 18.2 Å². The van der Waals surface area contributed by atoms with Gasteiger partial charge in [-0.15, -0.1) is 24.0 Å². The molecule has 0 aliphatic heterocycles. The molecule has 0 saturated heterocycles. The Labute approximate surface area is 167 Å². The van der Waals surface area contributed by atoms with Gasteiger partial charge < -0.3 is 20.1 Å². The van der Waals surface area contributed by atoms with Crippen molar-refractivity contribution in [1.29, 1.82) is 0 Å². The maximum absolute atomic E-state index is 5.34. The van der Waals surface area contributed by atoms with Crippen LogP contribution in [0.2, 0.25) is 0 Å². The van der Waals surface area contributed by atoms with Gasteiger partial charge in [-0.2, -0.15) is 0 Å². The van der Waals surface area contributed by atoms with Crippen LogP contribution in [0.1, 0.15) is 19.4 Å². The van der Waals surface area contributed by atoms with E-state index in [1.54, 1.807) is 7.11 Å². The molecule has 0 atom stereocenters. The number of nitrogens with one attached hydrogen (secondary N) is 2. The Balaban J connectivity index is 0.00000312. The van der Waals surface area contributed by atoms with Crippen molar-refractivity contribution in [3.63, 3.8) is 0 Å². The molecule has 2 aromatic rings. The number of ether oxygens (including phenoxy) is 2. The van der Waals surface area contributed by atoms with Gasteiger partial charge in [-0.05, 0) is 48.4 Å². The molecule has 6 heteroatoms. The lowest BCUT2D eigenvalue weighted by Gasteiger charge is -2.11. The van der Waals surface area contributed by atoms with E-state index in [0.29, 0.717) is 13.2 Å². The topological polar surface area (TPSA) is 54.9 Å². The minimum atomic E-state index is 0. The molecule has 2 aromatic carbocycles. The SMILES string of the molecule is CCNC(=NCc1ccc2cc(OC)ccc2c1)NCCOCC.I. The Morgan fingerprint density at radius 1 is 1.04 bits per heavy atom. The second kappa shape index (κ2) is 11.9. The van der Waals surface area contributed by atoms with Gasteiger partial charge in [0.2, 0.25) is 0 Å². The van der Waals surface area contributed by atoms with Crippen LogP contribution in [0.5, 0.6) is 5.75 Å². The molecule has 0 spiro atoms. The van der Waals surface area contributed by atoms with Crippen molar-refractivity contribution in [3.05, 3.63) is 42.0 Å². The fourth-order valence-electron chi connectivity index (χ4n) is 2.40. The first-order valence-electron chi connectivity index (χ1n) is 8.43. The summed E-state index contributed by atoms with van der Waals surface area (Å²) < 4.78 is 10.6. The van der Waals surface area contributed by atoms with Crippen LogP contribution in [0.15, 0.2) is 41.4 Å². The van der Waals surface area contributed by atoms with Crippen LogP contribution in [0, 0.1) is 0 Å². The van der Waals surface area contributed by atoms with E-state index in [1.165, 1.54) is 16.3 Å².